The van der Waals surface area contributed by atoms with E-state index < -0.39 is 0 Å². The zero-order chi connectivity index (χ0) is 17.1. The average Bonchev–Trinajstić information content (AvgIpc) is 2.75. The SMILES string of the molecule is Cc1nn(C)cc1C(=O)N1CCC[C@@H](Cc2cnc(N)cn2)CC1. The Hall–Kier alpha value is -2.44. The molecular formula is C17H24N6O. The van der Waals surface area contributed by atoms with Crippen LogP contribution in [0.5, 0.6) is 0 Å². The minimum Gasteiger partial charge on any atom is -0.382 e. The first-order valence-electron chi connectivity index (χ1n) is 8.39. The lowest BCUT2D eigenvalue weighted by Crippen LogP contribution is -2.32. The van der Waals surface area contributed by atoms with Crippen LogP contribution in [0.1, 0.15) is 41.0 Å². The molecule has 7 nitrogen and oxygen atoms in total. The standard InChI is InChI=1S/C17H24N6O/c1-12-15(11-22(2)21-12)17(24)23-6-3-4-13(5-7-23)8-14-9-20-16(18)10-19-14/h9-11,13H,3-8H2,1-2H3,(H2,18,20)/t13-/m1/s1. The summed E-state index contributed by atoms with van der Waals surface area (Å²) < 4.78 is 1.70. The molecule has 1 fully saturated rings. The predicted octanol–water partition coefficient (Wildman–Crippen LogP) is 1.59. The molecule has 0 unspecified atom stereocenters. The van der Waals surface area contributed by atoms with Crippen molar-refractivity contribution in [3.8, 4) is 0 Å². The van der Waals surface area contributed by atoms with Crippen molar-refractivity contribution < 1.29 is 4.79 Å². The van der Waals surface area contributed by atoms with Crippen molar-refractivity contribution in [2.24, 2.45) is 13.0 Å². The van der Waals surface area contributed by atoms with Crippen LogP contribution in [0, 0.1) is 12.8 Å². The van der Waals surface area contributed by atoms with E-state index in [9.17, 15) is 4.79 Å². The molecule has 0 aliphatic carbocycles. The Labute approximate surface area is 141 Å². The molecule has 0 aromatic carbocycles. The smallest absolute Gasteiger partial charge is 0.257 e. The number of amides is 1. The summed E-state index contributed by atoms with van der Waals surface area (Å²) in [6, 6.07) is 0. The first-order chi connectivity index (χ1) is 11.5. The molecule has 1 atom stereocenters. The maximum Gasteiger partial charge on any atom is 0.257 e. The number of nitrogen functional groups attached to an aromatic ring is 1. The molecule has 128 valence electrons. The molecule has 0 spiro atoms. The Morgan fingerprint density at radius 2 is 2.12 bits per heavy atom. The van der Waals surface area contributed by atoms with Crippen LogP contribution in [0.3, 0.4) is 0 Å². The lowest BCUT2D eigenvalue weighted by molar-refractivity contribution is 0.0759. The molecule has 7 heteroatoms. The number of nitrogens with zero attached hydrogens (tertiary/aromatic N) is 5. The Bertz CT molecular complexity index is 708. The third-order valence-electron chi connectivity index (χ3n) is 4.60. The second-order valence-corrected chi connectivity index (χ2v) is 6.53. The maximum absolute atomic E-state index is 12.7. The summed E-state index contributed by atoms with van der Waals surface area (Å²) in [7, 11) is 1.84. The van der Waals surface area contributed by atoms with E-state index in [1.807, 2.05) is 25.1 Å². The summed E-state index contributed by atoms with van der Waals surface area (Å²) in [5, 5.41) is 4.27. The van der Waals surface area contributed by atoms with E-state index in [1.165, 1.54) is 0 Å². The van der Waals surface area contributed by atoms with Crippen LogP contribution in [-0.4, -0.2) is 43.6 Å². The third-order valence-corrected chi connectivity index (χ3v) is 4.60. The van der Waals surface area contributed by atoms with E-state index in [1.54, 1.807) is 17.1 Å². The minimum absolute atomic E-state index is 0.0912. The largest absolute Gasteiger partial charge is 0.382 e. The van der Waals surface area contributed by atoms with Crippen LogP contribution in [0.2, 0.25) is 0 Å². The number of carbonyl (C=O) groups excluding carboxylic acids is 1. The summed E-state index contributed by atoms with van der Waals surface area (Å²) in [5.74, 6) is 1.06. The van der Waals surface area contributed by atoms with Gasteiger partial charge in [0.1, 0.15) is 5.82 Å². The van der Waals surface area contributed by atoms with Gasteiger partial charge < -0.3 is 10.6 Å². The van der Waals surface area contributed by atoms with Crippen LogP contribution in [0.15, 0.2) is 18.6 Å². The van der Waals surface area contributed by atoms with Crippen LogP contribution in [0.4, 0.5) is 5.82 Å². The minimum atomic E-state index is 0.0912. The van der Waals surface area contributed by atoms with Gasteiger partial charge in [0.05, 0.1) is 29.3 Å². The fraction of sp³-hybridized carbons (Fsp3) is 0.529. The van der Waals surface area contributed by atoms with Gasteiger partial charge >= 0.3 is 0 Å². The van der Waals surface area contributed by atoms with Gasteiger partial charge in [0.15, 0.2) is 0 Å². The number of anilines is 1. The van der Waals surface area contributed by atoms with E-state index in [2.05, 4.69) is 15.1 Å². The average molecular weight is 328 g/mol. The Kier molecular flexibility index (Phi) is 4.78. The normalized spacial score (nSPS) is 18.4. The van der Waals surface area contributed by atoms with E-state index in [4.69, 9.17) is 5.73 Å². The molecule has 1 saturated heterocycles. The monoisotopic (exact) mass is 328 g/mol. The zero-order valence-corrected chi connectivity index (χ0v) is 14.3. The second-order valence-electron chi connectivity index (χ2n) is 6.53. The molecule has 1 aliphatic heterocycles. The van der Waals surface area contributed by atoms with Crippen molar-refractivity contribution in [2.75, 3.05) is 18.8 Å². The summed E-state index contributed by atoms with van der Waals surface area (Å²) in [6.45, 7) is 3.46. The van der Waals surface area contributed by atoms with Gasteiger partial charge in [-0.25, -0.2) is 4.98 Å². The van der Waals surface area contributed by atoms with Crippen LogP contribution in [0.25, 0.3) is 0 Å². The van der Waals surface area contributed by atoms with Crippen LogP contribution >= 0.6 is 0 Å². The number of hydrogen-bond acceptors (Lipinski definition) is 5. The van der Waals surface area contributed by atoms with Crippen molar-refractivity contribution in [3.63, 3.8) is 0 Å². The first-order valence-corrected chi connectivity index (χ1v) is 8.39. The van der Waals surface area contributed by atoms with E-state index in [0.717, 1.165) is 50.2 Å². The summed E-state index contributed by atoms with van der Waals surface area (Å²) in [5.41, 5.74) is 8.05. The van der Waals surface area contributed by atoms with Gasteiger partial charge in [-0.3, -0.25) is 14.5 Å². The van der Waals surface area contributed by atoms with Crippen molar-refractivity contribution >= 4 is 11.7 Å². The number of aryl methyl sites for hydroxylation is 2. The summed E-state index contributed by atoms with van der Waals surface area (Å²) >= 11 is 0. The fourth-order valence-corrected chi connectivity index (χ4v) is 3.32. The van der Waals surface area contributed by atoms with E-state index in [0.29, 0.717) is 17.3 Å². The molecule has 24 heavy (non-hydrogen) atoms. The fourth-order valence-electron chi connectivity index (χ4n) is 3.32. The Morgan fingerprint density at radius 3 is 2.79 bits per heavy atom. The number of aromatic nitrogens is 4. The van der Waals surface area contributed by atoms with Gasteiger partial charge in [-0.15, -0.1) is 0 Å². The molecule has 3 rings (SSSR count). The molecule has 1 amide bonds. The maximum atomic E-state index is 12.7. The molecule has 3 heterocycles. The number of nitrogens with two attached hydrogens (primary N) is 1. The van der Waals surface area contributed by atoms with Crippen molar-refractivity contribution in [1.29, 1.82) is 0 Å². The second kappa shape index (κ2) is 6.98. The van der Waals surface area contributed by atoms with Gasteiger partial charge in [-0.05, 0) is 38.5 Å². The third kappa shape index (κ3) is 3.72. The topological polar surface area (TPSA) is 89.9 Å². The Morgan fingerprint density at radius 1 is 1.29 bits per heavy atom. The zero-order valence-electron chi connectivity index (χ0n) is 14.3. The molecule has 0 saturated carbocycles. The van der Waals surface area contributed by atoms with E-state index in [-0.39, 0.29) is 5.91 Å². The summed E-state index contributed by atoms with van der Waals surface area (Å²) in [4.78, 5) is 23.1. The molecule has 2 aromatic heterocycles. The van der Waals surface area contributed by atoms with Gasteiger partial charge in [0.25, 0.3) is 5.91 Å². The molecule has 0 bridgehead atoms. The lowest BCUT2D eigenvalue weighted by Gasteiger charge is -2.20. The molecular weight excluding hydrogens is 304 g/mol. The number of hydrogen-bond donors (Lipinski definition) is 1. The molecule has 1 aliphatic rings. The van der Waals surface area contributed by atoms with Crippen molar-refractivity contribution in [1.82, 2.24) is 24.6 Å². The van der Waals surface area contributed by atoms with Gasteiger partial charge in [-0.2, -0.15) is 5.10 Å². The van der Waals surface area contributed by atoms with E-state index >= 15 is 0 Å². The highest BCUT2D eigenvalue weighted by atomic mass is 16.2. The highest BCUT2D eigenvalue weighted by Gasteiger charge is 2.24. The highest BCUT2D eigenvalue weighted by Crippen LogP contribution is 2.22. The molecule has 0 radical (unpaired) electrons. The van der Waals surface area contributed by atoms with Crippen molar-refractivity contribution in [2.45, 2.75) is 32.6 Å². The molecule has 2 N–H and O–H groups in total. The first kappa shape index (κ1) is 16.4. The summed E-state index contributed by atoms with van der Waals surface area (Å²) in [6.07, 6.45) is 9.15. The van der Waals surface area contributed by atoms with Gasteiger partial charge in [0.2, 0.25) is 0 Å². The Balaban J connectivity index is 1.61. The lowest BCUT2D eigenvalue weighted by atomic mass is 9.95. The number of rotatable bonds is 3. The van der Waals surface area contributed by atoms with Crippen molar-refractivity contribution in [3.05, 3.63) is 35.5 Å². The quantitative estimate of drug-likeness (QED) is 0.924. The predicted molar refractivity (Wildman–Crippen MR) is 91.3 cm³/mol. The number of carbonyl (C=O) groups is 1. The van der Waals surface area contributed by atoms with Crippen LogP contribution < -0.4 is 5.73 Å². The van der Waals surface area contributed by atoms with Gasteiger partial charge in [-0.1, -0.05) is 0 Å². The van der Waals surface area contributed by atoms with Gasteiger partial charge in [0, 0.05) is 26.3 Å². The molecule has 2 aromatic rings. The highest BCUT2D eigenvalue weighted by molar-refractivity contribution is 5.95. The number of likely N-dealkylation sites (tertiary alicyclic amines) is 1. The van der Waals surface area contributed by atoms with Crippen LogP contribution in [-0.2, 0) is 13.5 Å².